The molecular formula is C11H13NO7. The molecule has 2 rings (SSSR count). The zero-order valence-electron chi connectivity index (χ0n) is 9.75. The van der Waals surface area contributed by atoms with Crippen molar-refractivity contribution in [2.24, 2.45) is 0 Å². The average molecular weight is 271 g/mol. The number of nitro groups is 1. The van der Waals surface area contributed by atoms with E-state index in [9.17, 15) is 25.4 Å². The van der Waals surface area contributed by atoms with E-state index in [0.717, 1.165) is 0 Å². The van der Waals surface area contributed by atoms with Crippen LogP contribution >= 0.6 is 0 Å². The third-order valence-corrected chi connectivity index (χ3v) is 2.75. The van der Waals surface area contributed by atoms with Gasteiger partial charge in [-0.25, -0.2) is 0 Å². The Kier molecular flexibility index (Phi) is 3.96. The van der Waals surface area contributed by atoms with Gasteiger partial charge in [0.1, 0.15) is 24.1 Å². The fraction of sp³-hybridized carbons (Fsp3) is 0.455. The number of rotatable bonds is 3. The van der Waals surface area contributed by atoms with E-state index in [-0.39, 0.29) is 18.0 Å². The average Bonchev–Trinajstić information content (AvgIpc) is 2.40. The lowest BCUT2D eigenvalue weighted by atomic mass is 10.1. The van der Waals surface area contributed by atoms with Gasteiger partial charge in [0.05, 0.1) is 11.5 Å². The van der Waals surface area contributed by atoms with Gasteiger partial charge in [-0.05, 0) is 12.1 Å². The van der Waals surface area contributed by atoms with E-state index >= 15 is 0 Å². The third kappa shape index (κ3) is 2.99. The van der Waals surface area contributed by atoms with Crippen LogP contribution in [-0.2, 0) is 4.74 Å². The van der Waals surface area contributed by atoms with Crippen molar-refractivity contribution in [1.82, 2.24) is 0 Å². The topological polar surface area (TPSA) is 122 Å². The first-order valence-electron chi connectivity index (χ1n) is 5.56. The highest BCUT2D eigenvalue weighted by molar-refractivity contribution is 5.36. The number of non-ortho nitro benzene ring substituents is 1. The van der Waals surface area contributed by atoms with E-state index in [4.69, 9.17) is 9.47 Å². The molecule has 1 aliphatic heterocycles. The van der Waals surface area contributed by atoms with Crippen LogP contribution in [0, 0.1) is 10.1 Å². The van der Waals surface area contributed by atoms with E-state index in [1.807, 2.05) is 0 Å². The molecule has 1 heterocycles. The fourth-order valence-corrected chi connectivity index (χ4v) is 1.66. The molecule has 0 radical (unpaired) electrons. The lowest BCUT2D eigenvalue weighted by molar-refractivity contribution is -0.384. The van der Waals surface area contributed by atoms with Crippen LogP contribution in [0.5, 0.6) is 5.75 Å². The highest BCUT2D eigenvalue weighted by Gasteiger charge is 2.38. The van der Waals surface area contributed by atoms with Crippen LogP contribution < -0.4 is 4.74 Å². The van der Waals surface area contributed by atoms with Crippen LogP contribution in [0.1, 0.15) is 0 Å². The number of nitro benzene ring substituents is 1. The minimum absolute atomic E-state index is 0.0899. The second-order valence-electron chi connectivity index (χ2n) is 4.12. The summed E-state index contributed by atoms with van der Waals surface area (Å²) in [5.74, 6) is 0.248. The SMILES string of the molecule is O=[N+]([O-])c1ccc(OC2OC[C@H](O)[C@@H](O)C2O)cc1. The molecule has 0 saturated carbocycles. The van der Waals surface area contributed by atoms with E-state index in [1.165, 1.54) is 24.3 Å². The maximum Gasteiger partial charge on any atom is 0.269 e. The summed E-state index contributed by atoms with van der Waals surface area (Å²) in [5, 5.41) is 38.8. The summed E-state index contributed by atoms with van der Waals surface area (Å²) in [7, 11) is 0. The van der Waals surface area contributed by atoms with Gasteiger partial charge in [0.2, 0.25) is 6.29 Å². The summed E-state index contributed by atoms with van der Waals surface area (Å²) in [6.45, 7) is -0.171. The molecule has 1 aromatic carbocycles. The molecule has 0 bridgehead atoms. The Hall–Kier alpha value is -1.74. The quantitative estimate of drug-likeness (QED) is 0.496. The van der Waals surface area contributed by atoms with Gasteiger partial charge in [-0.15, -0.1) is 0 Å². The maximum absolute atomic E-state index is 10.5. The number of nitrogens with zero attached hydrogens (tertiary/aromatic N) is 1. The van der Waals surface area contributed by atoms with Gasteiger partial charge in [-0.3, -0.25) is 10.1 Å². The molecule has 8 nitrogen and oxygen atoms in total. The maximum atomic E-state index is 10.5. The van der Waals surface area contributed by atoms with Crippen LogP contribution in [0.25, 0.3) is 0 Å². The molecule has 2 unspecified atom stereocenters. The lowest BCUT2D eigenvalue weighted by Gasteiger charge is -2.34. The second kappa shape index (κ2) is 5.49. The van der Waals surface area contributed by atoms with E-state index in [1.54, 1.807) is 0 Å². The van der Waals surface area contributed by atoms with Crippen molar-refractivity contribution >= 4 is 5.69 Å². The first-order valence-corrected chi connectivity index (χ1v) is 5.56. The zero-order chi connectivity index (χ0) is 14.0. The smallest absolute Gasteiger partial charge is 0.269 e. The Labute approximate surface area is 108 Å². The van der Waals surface area contributed by atoms with Gasteiger partial charge in [0.25, 0.3) is 5.69 Å². The third-order valence-electron chi connectivity index (χ3n) is 2.75. The van der Waals surface area contributed by atoms with Crippen LogP contribution in [-0.4, -0.2) is 51.5 Å². The van der Waals surface area contributed by atoms with Crippen LogP contribution in [0.2, 0.25) is 0 Å². The molecule has 0 aliphatic carbocycles. The first kappa shape index (κ1) is 13.7. The lowest BCUT2D eigenvalue weighted by Crippen LogP contribution is -2.54. The van der Waals surface area contributed by atoms with Crippen LogP contribution in [0.3, 0.4) is 0 Å². The van der Waals surface area contributed by atoms with Crippen molar-refractivity contribution in [3.8, 4) is 5.75 Å². The molecule has 3 N–H and O–H groups in total. The molecular weight excluding hydrogens is 258 g/mol. The number of hydrogen-bond donors (Lipinski definition) is 3. The molecule has 8 heteroatoms. The molecule has 1 aliphatic rings. The van der Waals surface area contributed by atoms with Crippen molar-refractivity contribution in [3.63, 3.8) is 0 Å². The van der Waals surface area contributed by atoms with E-state index in [0.29, 0.717) is 0 Å². The molecule has 0 amide bonds. The minimum atomic E-state index is -1.40. The Balaban J connectivity index is 2.03. The van der Waals surface area contributed by atoms with Crippen molar-refractivity contribution in [2.45, 2.75) is 24.6 Å². The number of benzene rings is 1. The van der Waals surface area contributed by atoms with Crippen LogP contribution in [0.4, 0.5) is 5.69 Å². The van der Waals surface area contributed by atoms with Gasteiger partial charge in [-0.2, -0.15) is 0 Å². The van der Waals surface area contributed by atoms with Crippen molar-refractivity contribution < 1.29 is 29.7 Å². The first-order chi connectivity index (χ1) is 8.99. The molecule has 0 aromatic heterocycles. The normalized spacial score (nSPS) is 30.9. The van der Waals surface area contributed by atoms with Crippen molar-refractivity contribution in [3.05, 3.63) is 34.4 Å². The standard InChI is InChI=1S/C11H13NO7/c13-8-5-18-11(10(15)9(8)14)19-7-3-1-6(2-4-7)12(16)17/h1-4,8-11,13-15H,5H2/t8-,9+,10?,11?/m0/s1. The number of hydrogen-bond acceptors (Lipinski definition) is 7. The minimum Gasteiger partial charge on any atom is -0.462 e. The van der Waals surface area contributed by atoms with Crippen molar-refractivity contribution in [2.75, 3.05) is 6.61 Å². The molecule has 4 atom stereocenters. The van der Waals surface area contributed by atoms with Gasteiger partial charge in [0, 0.05) is 12.1 Å². The highest BCUT2D eigenvalue weighted by atomic mass is 16.7. The predicted octanol–water partition coefficient (Wildman–Crippen LogP) is -0.587. The molecule has 1 fully saturated rings. The summed E-state index contributed by atoms with van der Waals surface area (Å²) in [5.41, 5.74) is -0.0899. The highest BCUT2D eigenvalue weighted by Crippen LogP contribution is 2.22. The molecule has 0 spiro atoms. The van der Waals surface area contributed by atoms with Gasteiger partial charge < -0.3 is 24.8 Å². The zero-order valence-corrected chi connectivity index (χ0v) is 9.75. The number of aliphatic hydroxyl groups excluding tert-OH is 3. The Bertz CT molecular complexity index is 449. The number of aliphatic hydroxyl groups is 3. The molecule has 104 valence electrons. The Morgan fingerprint density at radius 2 is 1.84 bits per heavy atom. The molecule has 1 aromatic rings. The summed E-state index contributed by atoms with van der Waals surface area (Å²) in [6, 6.07) is 5.20. The Morgan fingerprint density at radius 1 is 1.21 bits per heavy atom. The Morgan fingerprint density at radius 3 is 2.42 bits per heavy atom. The van der Waals surface area contributed by atoms with Gasteiger partial charge >= 0.3 is 0 Å². The summed E-state index contributed by atoms with van der Waals surface area (Å²) < 4.78 is 10.3. The van der Waals surface area contributed by atoms with Crippen molar-refractivity contribution in [1.29, 1.82) is 0 Å². The largest absolute Gasteiger partial charge is 0.462 e. The van der Waals surface area contributed by atoms with Gasteiger partial charge in [-0.1, -0.05) is 0 Å². The van der Waals surface area contributed by atoms with Crippen LogP contribution in [0.15, 0.2) is 24.3 Å². The van der Waals surface area contributed by atoms with E-state index < -0.39 is 29.5 Å². The second-order valence-corrected chi connectivity index (χ2v) is 4.12. The number of ether oxygens (including phenoxy) is 2. The van der Waals surface area contributed by atoms with Gasteiger partial charge in [0.15, 0.2) is 0 Å². The summed E-state index contributed by atoms with van der Waals surface area (Å²) >= 11 is 0. The summed E-state index contributed by atoms with van der Waals surface area (Å²) in [4.78, 5) is 9.93. The molecule has 19 heavy (non-hydrogen) atoms. The summed E-state index contributed by atoms with van der Waals surface area (Å²) in [6.07, 6.45) is -5.08. The monoisotopic (exact) mass is 271 g/mol. The predicted molar refractivity (Wildman–Crippen MR) is 61.5 cm³/mol. The fourth-order valence-electron chi connectivity index (χ4n) is 1.66. The van der Waals surface area contributed by atoms with E-state index in [2.05, 4.69) is 0 Å². The molecule has 1 saturated heterocycles.